The van der Waals surface area contributed by atoms with Crippen LogP contribution in [-0.4, -0.2) is 42.1 Å². The van der Waals surface area contributed by atoms with E-state index in [0.29, 0.717) is 28.8 Å². The normalized spacial score (nSPS) is 17.6. The van der Waals surface area contributed by atoms with Crippen LogP contribution in [0.15, 0.2) is 24.4 Å². The summed E-state index contributed by atoms with van der Waals surface area (Å²) in [6.45, 7) is 3.92. The van der Waals surface area contributed by atoms with Gasteiger partial charge in [0.15, 0.2) is 0 Å². The van der Waals surface area contributed by atoms with Gasteiger partial charge in [-0.3, -0.25) is 14.6 Å². The molecule has 2 aromatic rings. The molecule has 1 unspecified atom stereocenters. The second-order valence-electron chi connectivity index (χ2n) is 8.51. The predicted octanol–water partition coefficient (Wildman–Crippen LogP) is 3.91. The van der Waals surface area contributed by atoms with Gasteiger partial charge in [0, 0.05) is 36.9 Å². The molecule has 1 aliphatic carbocycles. The molecule has 9 heteroatoms. The molecule has 0 spiro atoms. The molecular formula is C23H29ClN4O3S. The number of aryl methyl sites for hydroxylation is 1. The summed E-state index contributed by atoms with van der Waals surface area (Å²) in [4.78, 5) is 31.6. The minimum Gasteiger partial charge on any atom is -0.381 e. The highest BCUT2D eigenvalue weighted by Gasteiger charge is 2.31. The lowest BCUT2D eigenvalue weighted by Crippen LogP contribution is -2.48. The van der Waals surface area contributed by atoms with Crippen molar-refractivity contribution in [2.75, 3.05) is 18.5 Å². The SMILES string of the molecule is Cc1ncc(Cl)cc1NCc1ccc(C(=O)NC(CC2CCOCC2)C(=O)NC2CC2)s1. The smallest absolute Gasteiger partial charge is 0.262 e. The zero-order chi connectivity index (χ0) is 22.5. The minimum atomic E-state index is -0.518. The number of ether oxygens (including phenoxy) is 1. The van der Waals surface area contributed by atoms with Gasteiger partial charge in [-0.05, 0) is 63.1 Å². The average molecular weight is 477 g/mol. The number of nitrogens with zero attached hydrogens (tertiary/aromatic N) is 1. The Bertz CT molecular complexity index is 956. The fourth-order valence-electron chi connectivity index (χ4n) is 3.77. The van der Waals surface area contributed by atoms with E-state index in [2.05, 4.69) is 20.9 Å². The number of amides is 2. The lowest BCUT2D eigenvalue weighted by Gasteiger charge is -2.26. The second-order valence-corrected chi connectivity index (χ2v) is 10.1. The summed E-state index contributed by atoms with van der Waals surface area (Å²) in [6.07, 6.45) is 6.16. The molecule has 4 rings (SSSR count). The summed E-state index contributed by atoms with van der Waals surface area (Å²) >= 11 is 7.45. The van der Waals surface area contributed by atoms with Crippen molar-refractivity contribution in [2.24, 2.45) is 5.92 Å². The van der Waals surface area contributed by atoms with Crippen LogP contribution in [0.3, 0.4) is 0 Å². The molecule has 0 radical (unpaired) electrons. The van der Waals surface area contributed by atoms with Crippen LogP contribution in [0.4, 0.5) is 5.69 Å². The molecule has 3 heterocycles. The quantitative estimate of drug-likeness (QED) is 0.510. The Balaban J connectivity index is 1.36. The van der Waals surface area contributed by atoms with Crippen molar-refractivity contribution in [1.82, 2.24) is 15.6 Å². The fourth-order valence-corrected chi connectivity index (χ4v) is 4.78. The largest absolute Gasteiger partial charge is 0.381 e. The number of aromatic nitrogens is 1. The van der Waals surface area contributed by atoms with E-state index >= 15 is 0 Å². The fraction of sp³-hybridized carbons (Fsp3) is 0.522. The van der Waals surface area contributed by atoms with Crippen molar-refractivity contribution in [1.29, 1.82) is 0 Å². The van der Waals surface area contributed by atoms with E-state index in [1.807, 2.05) is 25.1 Å². The summed E-state index contributed by atoms with van der Waals surface area (Å²) in [5.41, 5.74) is 1.73. The zero-order valence-electron chi connectivity index (χ0n) is 18.2. The number of hydrogen-bond acceptors (Lipinski definition) is 6. The van der Waals surface area contributed by atoms with E-state index in [1.165, 1.54) is 11.3 Å². The van der Waals surface area contributed by atoms with Gasteiger partial charge < -0.3 is 20.7 Å². The highest BCUT2D eigenvalue weighted by Crippen LogP contribution is 2.24. The molecule has 0 aromatic carbocycles. The first-order valence-electron chi connectivity index (χ1n) is 11.1. The maximum atomic E-state index is 12.9. The number of anilines is 1. The van der Waals surface area contributed by atoms with E-state index in [9.17, 15) is 9.59 Å². The lowest BCUT2D eigenvalue weighted by molar-refractivity contribution is -0.123. The molecule has 2 fully saturated rings. The van der Waals surface area contributed by atoms with Crippen molar-refractivity contribution in [3.63, 3.8) is 0 Å². The zero-order valence-corrected chi connectivity index (χ0v) is 19.7. The molecule has 0 bridgehead atoms. The van der Waals surface area contributed by atoms with Gasteiger partial charge in [-0.2, -0.15) is 0 Å². The van der Waals surface area contributed by atoms with E-state index in [-0.39, 0.29) is 17.9 Å². The minimum absolute atomic E-state index is 0.0743. The summed E-state index contributed by atoms with van der Waals surface area (Å²) in [7, 11) is 0. The van der Waals surface area contributed by atoms with E-state index in [1.54, 1.807) is 6.20 Å². The molecular weight excluding hydrogens is 448 g/mol. The number of hydrogen-bond donors (Lipinski definition) is 3. The van der Waals surface area contributed by atoms with E-state index in [0.717, 1.165) is 55.2 Å². The third-order valence-electron chi connectivity index (χ3n) is 5.85. The first-order valence-corrected chi connectivity index (χ1v) is 12.3. The Morgan fingerprint density at radius 2 is 2.03 bits per heavy atom. The average Bonchev–Trinajstić information content (AvgIpc) is 3.47. The summed E-state index contributed by atoms with van der Waals surface area (Å²) < 4.78 is 5.43. The van der Waals surface area contributed by atoms with Gasteiger partial charge >= 0.3 is 0 Å². The molecule has 2 amide bonds. The Kier molecular flexibility index (Phi) is 7.65. The molecule has 1 saturated carbocycles. The van der Waals surface area contributed by atoms with Gasteiger partial charge in [0.1, 0.15) is 6.04 Å². The highest BCUT2D eigenvalue weighted by molar-refractivity contribution is 7.14. The van der Waals surface area contributed by atoms with Gasteiger partial charge in [-0.15, -0.1) is 11.3 Å². The van der Waals surface area contributed by atoms with Crippen LogP contribution in [0.2, 0.25) is 5.02 Å². The molecule has 2 aliphatic rings. The number of halogens is 1. The molecule has 1 aliphatic heterocycles. The number of pyridine rings is 1. The number of nitrogens with one attached hydrogen (secondary N) is 3. The maximum absolute atomic E-state index is 12.9. The first-order chi connectivity index (χ1) is 15.5. The molecule has 32 heavy (non-hydrogen) atoms. The number of carbonyl (C=O) groups excluding carboxylic acids is 2. The second kappa shape index (κ2) is 10.6. The van der Waals surface area contributed by atoms with Crippen LogP contribution < -0.4 is 16.0 Å². The van der Waals surface area contributed by atoms with Crippen LogP contribution in [0.5, 0.6) is 0 Å². The van der Waals surface area contributed by atoms with Crippen molar-refractivity contribution in [3.8, 4) is 0 Å². The summed E-state index contributed by atoms with van der Waals surface area (Å²) in [5.74, 6) is 0.108. The molecule has 1 saturated heterocycles. The van der Waals surface area contributed by atoms with Crippen LogP contribution in [-0.2, 0) is 16.1 Å². The Morgan fingerprint density at radius 1 is 1.25 bits per heavy atom. The molecule has 172 valence electrons. The Hall–Kier alpha value is -2.16. The predicted molar refractivity (Wildman–Crippen MR) is 126 cm³/mol. The van der Waals surface area contributed by atoms with Gasteiger partial charge in [0.05, 0.1) is 21.3 Å². The van der Waals surface area contributed by atoms with Crippen LogP contribution >= 0.6 is 22.9 Å². The van der Waals surface area contributed by atoms with Crippen molar-refractivity contribution >= 4 is 40.4 Å². The summed E-state index contributed by atoms with van der Waals surface area (Å²) in [6, 6.07) is 5.32. The van der Waals surface area contributed by atoms with E-state index in [4.69, 9.17) is 16.3 Å². The number of rotatable bonds is 9. The third kappa shape index (κ3) is 6.43. The van der Waals surface area contributed by atoms with Gasteiger partial charge in [-0.25, -0.2) is 0 Å². The monoisotopic (exact) mass is 476 g/mol. The van der Waals surface area contributed by atoms with Crippen LogP contribution in [0, 0.1) is 12.8 Å². The topological polar surface area (TPSA) is 92.3 Å². The Morgan fingerprint density at radius 3 is 2.78 bits per heavy atom. The Labute approximate surface area is 197 Å². The van der Waals surface area contributed by atoms with Gasteiger partial charge in [0.2, 0.25) is 5.91 Å². The van der Waals surface area contributed by atoms with Crippen molar-refractivity contribution in [2.45, 2.75) is 57.7 Å². The van der Waals surface area contributed by atoms with Crippen LogP contribution in [0.1, 0.15) is 52.3 Å². The molecule has 7 nitrogen and oxygen atoms in total. The van der Waals surface area contributed by atoms with Gasteiger partial charge in [0.25, 0.3) is 5.91 Å². The van der Waals surface area contributed by atoms with Gasteiger partial charge in [-0.1, -0.05) is 11.6 Å². The lowest BCUT2D eigenvalue weighted by atomic mass is 9.92. The standard InChI is InChI=1S/C23H29ClN4O3S/c1-14-19(11-16(24)12-25-14)26-13-18-4-5-21(32-18)23(30)28-20(22(29)27-17-2-3-17)10-15-6-8-31-9-7-15/h4-5,11-12,15,17,20,26H,2-3,6-10,13H2,1H3,(H,27,29)(H,28,30). The molecule has 3 N–H and O–H groups in total. The number of carbonyl (C=O) groups is 2. The maximum Gasteiger partial charge on any atom is 0.262 e. The van der Waals surface area contributed by atoms with Crippen LogP contribution in [0.25, 0.3) is 0 Å². The van der Waals surface area contributed by atoms with Crippen molar-refractivity contribution < 1.29 is 14.3 Å². The highest BCUT2D eigenvalue weighted by atomic mass is 35.5. The third-order valence-corrected chi connectivity index (χ3v) is 7.14. The number of thiophene rings is 1. The first kappa shape index (κ1) is 23.0. The van der Waals surface area contributed by atoms with Crippen molar-refractivity contribution in [3.05, 3.63) is 44.9 Å². The molecule has 1 atom stereocenters. The van der Waals surface area contributed by atoms with E-state index < -0.39 is 6.04 Å². The molecule has 2 aromatic heterocycles. The summed E-state index contributed by atoms with van der Waals surface area (Å²) in [5, 5.41) is 9.93.